The minimum absolute atomic E-state index is 0.0113. The molecule has 0 radical (unpaired) electrons. The van der Waals surface area contributed by atoms with Crippen molar-refractivity contribution in [3.8, 4) is 5.75 Å². The number of benzene rings is 1. The van der Waals surface area contributed by atoms with Crippen molar-refractivity contribution >= 4 is 22.8 Å². The van der Waals surface area contributed by atoms with Crippen LogP contribution < -0.4 is 15.6 Å². The van der Waals surface area contributed by atoms with Gasteiger partial charge in [0.1, 0.15) is 5.75 Å². The van der Waals surface area contributed by atoms with Crippen LogP contribution in [0.5, 0.6) is 5.75 Å². The zero-order valence-electron chi connectivity index (χ0n) is 12.4. The van der Waals surface area contributed by atoms with Crippen molar-refractivity contribution in [1.29, 1.82) is 0 Å². The second-order valence-corrected chi connectivity index (χ2v) is 6.53. The molecule has 2 N–H and O–H groups in total. The van der Waals surface area contributed by atoms with Gasteiger partial charge in [-0.25, -0.2) is 5.43 Å². The molecule has 0 aliphatic carbocycles. The van der Waals surface area contributed by atoms with Crippen molar-refractivity contribution in [3.63, 3.8) is 0 Å². The maximum Gasteiger partial charge on any atom is 0.234 e. The number of hydrogen-bond acceptors (Lipinski definition) is 4. The zero-order valence-corrected chi connectivity index (χ0v) is 13.2. The van der Waals surface area contributed by atoms with E-state index in [1.165, 1.54) is 0 Å². The number of ether oxygens (including phenoxy) is 1. The fraction of sp³-hybridized carbons (Fsp3) is 0.400. The summed E-state index contributed by atoms with van der Waals surface area (Å²) in [6.07, 6.45) is 6.10. The SMILES string of the molecule is COc1cc(/C=C/C2NNC(=O)CC2C)cc(S(C)=O)c1. The van der Waals surface area contributed by atoms with E-state index in [1.54, 1.807) is 19.4 Å². The molecule has 3 unspecified atom stereocenters. The van der Waals surface area contributed by atoms with Gasteiger partial charge < -0.3 is 4.74 Å². The van der Waals surface area contributed by atoms with Gasteiger partial charge in [-0.1, -0.05) is 19.1 Å². The van der Waals surface area contributed by atoms with E-state index in [0.717, 1.165) is 10.5 Å². The largest absolute Gasteiger partial charge is 0.497 e. The van der Waals surface area contributed by atoms with Crippen LogP contribution in [0.2, 0.25) is 0 Å². The molecular formula is C15H20N2O3S. The van der Waals surface area contributed by atoms with Crippen LogP contribution in [0.3, 0.4) is 0 Å². The smallest absolute Gasteiger partial charge is 0.234 e. The maximum atomic E-state index is 11.6. The molecular weight excluding hydrogens is 288 g/mol. The molecule has 1 aromatic carbocycles. The molecule has 1 fully saturated rings. The second kappa shape index (κ2) is 6.87. The first kappa shape index (κ1) is 15.7. The molecule has 1 aliphatic rings. The number of methoxy groups -OCH3 is 1. The molecule has 21 heavy (non-hydrogen) atoms. The number of carbonyl (C=O) groups is 1. The van der Waals surface area contributed by atoms with E-state index in [1.807, 2.05) is 31.2 Å². The lowest BCUT2D eigenvalue weighted by Gasteiger charge is -2.27. The van der Waals surface area contributed by atoms with Crippen LogP contribution in [0.1, 0.15) is 18.9 Å². The standard InChI is InChI=1S/C15H20N2O3S/c1-10-6-15(18)17-16-14(10)5-4-11-7-12(20-2)9-13(8-11)21(3)19/h4-5,7-10,14,16H,6H2,1-3H3,(H,17,18)/b5-4+. The van der Waals surface area contributed by atoms with Crippen LogP contribution in [0.4, 0.5) is 0 Å². The number of carbonyl (C=O) groups excluding carboxylic acids is 1. The highest BCUT2D eigenvalue weighted by molar-refractivity contribution is 7.84. The van der Waals surface area contributed by atoms with Crippen LogP contribution in [0.25, 0.3) is 6.08 Å². The Bertz CT molecular complexity index is 586. The van der Waals surface area contributed by atoms with Gasteiger partial charge in [-0.15, -0.1) is 0 Å². The van der Waals surface area contributed by atoms with Gasteiger partial charge in [0.15, 0.2) is 0 Å². The molecule has 0 spiro atoms. The van der Waals surface area contributed by atoms with Crippen molar-refractivity contribution in [2.45, 2.75) is 24.3 Å². The summed E-state index contributed by atoms with van der Waals surface area (Å²) in [5.74, 6) is 0.915. The Morgan fingerprint density at radius 3 is 2.76 bits per heavy atom. The van der Waals surface area contributed by atoms with Crippen LogP contribution in [-0.2, 0) is 15.6 Å². The van der Waals surface area contributed by atoms with Crippen molar-refractivity contribution in [2.75, 3.05) is 13.4 Å². The summed E-state index contributed by atoms with van der Waals surface area (Å²) in [7, 11) is 0.531. The minimum atomic E-state index is -1.06. The van der Waals surface area contributed by atoms with Crippen LogP contribution in [-0.4, -0.2) is 29.5 Å². The third-order valence-electron chi connectivity index (χ3n) is 3.46. The fourth-order valence-corrected chi connectivity index (χ4v) is 2.79. The lowest BCUT2D eigenvalue weighted by Crippen LogP contribution is -2.52. The molecule has 6 heteroatoms. The first-order valence-corrected chi connectivity index (χ1v) is 8.30. The van der Waals surface area contributed by atoms with E-state index in [0.29, 0.717) is 12.2 Å². The van der Waals surface area contributed by atoms with Gasteiger partial charge in [0.05, 0.1) is 7.11 Å². The van der Waals surface area contributed by atoms with Crippen LogP contribution >= 0.6 is 0 Å². The normalized spacial score (nSPS) is 23.9. The number of rotatable bonds is 4. The van der Waals surface area contributed by atoms with Gasteiger partial charge in [-0.3, -0.25) is 14.4 Å². The van der Waals surface area contributed by atoms with Gasteiger partial charge in [-0.05, 0) is 29.7 Å². The van der Waals surface area contributed by atoms with Crippen molar-refractivity contribution in [2.24, 2.45) is 5.92 Å². The highest BCUT2D eigenvalue weighted by atomic mass is 32.2. The van der Waals surface area contributed by atoms with Gasteiger partial charge in [0.2, 0.25) is 5.91 Å². The number of hydrogen-bond donors (Lipinski definition) is 2. The van der Waals surface area contributed by atoms with Crippen molar-refractivity contribution in [1.82, 2.24) is 10.9 Å². The Morgan fingerprint density at radius 2 is 2.14 bits per heavy atom. The van der Waals surface area contributed by atoms with Crippen LogP contribution in [0, 0.1) is 5.92 Å². The van der Waals surface area contributed by atoms with Gasteiger partial charge in [0.25, 0.3) is 0 Å². The molecule has 0 bridgehead atoms. The lowest BCUT2D eigenvalue weighted by atomic mass is 9.96. The monoisotopic (exact) mass is 308 g/mol. The summed E-state index contributed by atoms with van der Waals surface area (Å²) in [6.45, 7) is 2.03. The molecule has 5 nitrogen and oxygen atoms in total. The Morgan fingerprint density at radius 1 is 1.38 bits per heavy atom. The van der Waals surface area contributed by atoms with Gasteiger partial charge in [-0.2, -0.15) is 0 Å². The second-order valence-electron chi connectivity index (χ2n) is 5.15. The molecule has 1 heterocycles. The first-order valence-electron chi connectivity index (χ1n) is 6.74. The number of nitrogens with one attached hydrogen (secondary N) is 2. The minimum Gasteiger partial charge on any atom is -0.497 e. The average Bonchev–Trinajstić information content (AvgIpc) is 2.46. The number of hydrazine groups is 1. The Hall–Kier alpha value is -1.66. The predicted octanol–water partition coefficient (Wildman–Crippen LogP) is 1.47. The first-order chi connectivity index (χ1) is 9.99. The molecule has 1 saturated heterocycles. The highest BCUT2D eigenvalue weighted by Gasteiger charge is 2.22. The third kappa shape index (κ3) is 4.15. The molecule has 1 amide bonds. The lowest BCUT2D eigenvalue weighted by molar-refractivity contribution is -0.125. The van der Waals surface area contributed by atoms with E-state index in [-0.39, 0.29) is 17.9 Å². The molecule has 0 saturated carbocycles. The third-order valence-corrected chi connectivity index (χ3v) is 4.36. The van der Waals surface area contributed by atoms with E-state index in [2.05, 4.69) is 10.9 Å². The molecule has 2 rings (SSSR count). The zero-order chi connectivity index (χ0) is 15.4. The van der Waals surface area contributed by atoms with E-state index in [4.69, 9.17) is 4.74 Å². The van der Waals surface area contributed by atoms with Gasteiger partial charge >= 0.3 is 0 Å². The fourth-order valence-electron chi connectivity index (χ4n) is 2.20. The Balaban J connectivity index is 2.18. The Kier molecular flexibility index (Phi) is 5.14. The molecule has 114 valence electrons. The molecule has 1 aliphatic heterocycles. The van der Waals surface area contributed by atoms with Gasteiger partial charge in [0, 0.05) is 34.4 Å². The summed E-state index contributed by atoms with van der Waals surface area (Å²) >= 11 is 0. The summed E-state index contributed by atoms with van der Waals surface area (Å²) < 4.78 is 16.9. The van der Waals surface area contributed by atoms with Crippen molar-refractivity contribution in [3.05, 3.63) is 29.8 Å². The number of amides is 1. The summed E-state index contributed by atoms with van der Waals surface area (Å²) in [5.41, 5.74) is 6.54. The summed E-state index contributed by atoms with van der Waals surface area (Å²) in [6, 6.07) is 5.61. The topological polar surface area (TPSA) is 67.4 Å². The average molecular weight is 308 g/mol. The maximum absolute atomic E-state index is 11.6. The van der Waals surface area contributed by atoms with E-state index in [9.17, 15) is 9.00 Å². The quantitative estimate of drug-likeness (QED) is 0.884. The highest BCUT2D eigenvalue weighted by Crippen LogP contribution is 2.21. The van der Waals surface area contributed by atoms with E-state index < -0.39 is 10.8 Å². The summed E-state index contributed by atoms with van der Waals surface area (Å²) in [4.78, 5) is 12.0. The predicted molar refractivity (Wildman–Crippen MR) is 83.2 cm³/mol. The molecule has 3 atom stereocenters. The van der Waals surface area contributed by atoms with Crippen LogP contribution in [0.15, 0.2) is 29.2 Å². The Labute approximate surface area is 127 Å². The summed E-state index contributed by atoms with van der Waals surface area (Å²) in [5, 5.41) is 0. The van der Waals surface area contributed by atoms with Crippen molar-refractivity contribution < 1.29 is 13.7 Å². The van der Waals surface area contributed by atoms with E-state index >= 15 is 0 Å². The molecule has 0 aromatic heterocycles. The molecule has 1 aromatic rings.